The Bertz CT molecular complexity index is 583. The molecule has 1 atom stereocenters. The summed E-state index contributed by atoms with van der Waals surface area (Å²) in [6.07, 6.45) is 0.985. The fraction of sp³-hybridized carbons (Fsp3) is 0.556. The molecule has 0 saturated carbocycles. The number of rotatable bonds is 4. The maximum Gasteiger partial charge on any atom is 0.322 e. The van der Waals surface area contributed by atoms with Crippen molar-refractivity contribution in [3.05, 3.63) is 29.8 Å². The number of ether oxygens (including phenoxy) is 2. The van der Waals surface area contributed by atoms with Gasteiger partial charge >= 0.3 is 12.0 Å². The Morgan fingerprint density at radius 1 is 1.33 bits per heavy atom. The van der Waals surface area contributed by atoms with Crippen molar-refractivity contribution in [1.29, 1.82) is 0 Å². The number of nitrogens with zero attached hydrogens (tertiary/aromatic N) is 1. The van der Waals surface area contributed by atoms with Gasteiger partial charge in [-0.25, -0.2) is 4.79 Å². The zero-order chi connectivity index (χ0) is 17.7. The average molecular weight is 334 g/mol. The van der Waals surface area contributed by atoms with Gasteiger partial charge in [-0.05, 0) is 44.9 Å². The Morgan fingerprint density at radius 3 is 2.58 bits per heavy atom. The number of urea groups is 1. The highest BCUT2D eigenvalue weighted by Gasteiger charge is 2.33. The van der Waals surface area contributed by atoms with E-state index in [1.807, 2.05) is 45.0 Å². The molecule has 1 aromatic carbocycles. The summed E-state index contributed by atoms with van der Waals surface area (Å²) < 4.78 is 10.4. The molecule has 1 saturated heterocycles. The number of methoxy groups -OCH3 is 1. The first-order valence-electron chi connectivity index (χ1n) is 8.18. The molecule has 1 fully saturated rings. The van der Waals surface area contributed by atoms with Crippen LogP contribution in [0.5, 0.6) is 0 Å². The van der Waals surface area contributed by atoms with Crippen molar-refractivity contribution in [3.63, 3.8) is 0 Å². The molecular formula is C18H26N2O4. The molecular weight excluding hydrogens is 308 g/mol. The van der Waals surface area contributed by atoms with Crippen molar-refractivity contribution >= 4 is 17.7 Å². The zero-order valence-electron chi connectivity index (χ0n) is 14.8. The van der Waals surface area contributed by atoms with Gasteiger partial charge in [-0.1, -0.05) is 12.1 Å². The summed E-state index contributed by atoms with van der Waals surface area (Å²) in [5.74, 6) is -0.226. The molecule has 0 aliphatic carbocycles. The Balaban J connectivity index is 1.91. The highest BCUT2D eigenvalue weighted by Crippen LogP contribution is 2.21. The number of carbonyl (C=O) groups is 2. The van der Waals surface area contributed by atoms with Gasteiger partial charge in [0.1, 0.15) is 0 Å². The molecule has 24 heavy (non-hydrogen) atoms. The first-order chi connectivity index (χ1) is 11.3. The molecule has 0 unspecified atom stereocenters. The minimum atomic E-state index is -0.341. The number of amides is 2. The lowest BCUT2D eigenvalue weighted by molar-refractivity contribution is -0.140. The Hall–Kier alpha value is -2.08. The molecule has 0 radical (unpaired) electrons. The first kappa shape index (κ1) is 18.3. The Morgan fingerprint density at radius 2 is 2.00 bits per heavy atom. The van der Waals surface area contributed by atoms with Gasteiger partial charge in [-0.2, -0.15) is 0 Å². The standard InChI is InChI=1S/C18H26N2O4/c1-13-11-20(12-18(2,3)24-13)17(22)19-15-8-5-14(6-9-15)7-10-16(21)23-4/h5-6,8-9,13H,7,10-12H2,1-4H3,(H,19,22)/t13-/m0/s1. The number of aryl methyl sites for hydroxylation is 1. The zero-order valence-corrected chi connectivity index (χ0v) is 14.8. The molecule has 0 aromatic heterocycles. The third-order valence-corrected chi connectivity index (χ3v) is 3.91. The van der Waals surface area contributed by atoms with E-state index in [2.05, 4.69) is 10.1 Å². The number of morpholine rings is 1. The lowest BCUT2D eigenvalue weighted by Crippen LogP contribution is -2.54. The van der Waals surface area contributed by atoms with E-state index >= 15 is 0 Å². The summed E-state index contributed by atoms with van der Waals surface area (Å²) >= 11 is 0. The topological polar surface area (TPSA) is 67.9 Å². The molecule has 6 heteroatoms. The maximum absolute atomic E-state index is 12.4. The first-order valence-corrected chi connectivity index (χ1v) is 8.18. The minimum absolute atomic E-state index is 0.0141. The van der Waals surface area contributed by atoms with Crippen molar-refractivity contribution in [3.8, 4) is 0 Å². The maximum atomic E-state index is 12.4. The molecule has 2 amide bonds. The van der Waals surface area contributed by atoms with E-state index in [9.17, 15) is 9.59 Å². The normalized spacial score (nSPS) is 19.7. The number of hydrogen-bond acceptors (Lipinski definition) is 4. The predicted molar refractivity (Wildman–Crippen MR) is 92.0 cm³/mol. The molecule has 6 nitrogen and oxygen atoms in total. The van der Waals surface area contributed by atoms with Gasteiger partial charge in [0.05, 0.1) is 25.4 Å². The van der Waals surface area contributed by atoms with Crippen LogP contribution >= 0.6 is 0 Å². The summed E-state index contributed by atoms with van der Waals surface area (Å²) in [6, 6.07) is 7.38. The van der Waals surface area contributed by atoms with Crippen LogP contribution in [0.4, 0.5) is 10.5 Å². The highest BCUT2D eigenvalue weighted by atomic mass is 16.5. The van der Waals surface area contributed by atoms with Gasteiger partial charge < -0.3 is 19.7 Å². The molecule has 1 heterocycles. The van der Waals surface area contributed by atoms with Crippen LogP contribution in [-0.4, -0.2) is 48.8 Å². The Labute approximate surface area is 143 Å². The molecule has 132 valence electrons. The summed E-state index contributed by atoms with van der Waals surface area (Å²) in [5, 5.41) is 2.91. The van der Waals surface area contributed by atoms with Crippen LogP contribution in [0.2, 0.25) is 0 Å². The fourth-order valence-corrected chi connectivity index (χ4v) is 2.91. The molecule has 1 aliphatic heterocycles. The summed E-state index contributed by atoms with van der Waals surface area (Å²) in [6.45, 7) is 7.07. The molecule has 1 N–H and O–H groups in total. The largest absolute Gasteiger partial charge is 0.469 e. The van der Waals surface area contributed by atoms with Crippen molar-refractivity contribution in [2.75, 3.05) is 25.5 Å². The number of anilines is 1. The van der Waals surface area contributed by atoms with Crippen LogP contribution in [-0.2, 0) is 20.7 Å². The van der Waals surface area contributed by atoms with E-state index in [-0.39, 0.29) is 23.7 Å². The second-order valence-corrected chi connectivity index (χ2v) is 6.77. The van der Waals surface area contributed by atoms with E-state index in [1.165, 1.54) is 7.11 Å². The average Bonchev–Trinajstić information content (AvgIpc) is 2.52. The summed E-state index contributed by atoms with van der Waals surface area (Å²) in [7, 11) is 1.38. The van der Waals surface area contributed by atoms with Gasteiger partial charge in [-0.3, -0.25) is 4.79 Å². The van der Waals surface area contributed by atoms with Crippen LogP contribution in [0.1, 0.15) is 32.8 Å². The van der Waals surface area contributed by atoms with Crippen LogP contribution in [0, 0.1) is 0 Å². The van der Waals surface area contributed by atoms with Crippen molar-refractivity contribution < 1.29 is 19.1 Å². The van der Waals surface area contributed by atoms with Gasteiger partial charge in [0.2, 0.25) is 0 Å². The smallest absolute Gasteiger partial charge is 0.322 e. The van der Waals surface area contributed by atoms with Gasteiger partial charge in [0.15, 0.2) is 0 Å². The molecule has 0 bridgehead atoms. The van der Waals surface area contributed by atoms with Crippen molar-refractivity contribution in [2.45, 2.75) is 45.3 Å². The second kappa shape index (κ2) is 7.66. The molecule has 1 aromatic rings. The SMILES string of the molecule is COC(=O)CCc1ccc(NC(=O)N2C[C@H](C)OC(C)(C)C2)cc1. The summed E-state index contributed by atoms with van der Waals surface area (Å²) in [5.41, 5.74) is 1.42. The van der Waals surface area contributed by atoms with Crippen LogP contribution < -0.4 is 5.32 Å². The Kier molecular flexibility index (Phi) is 5.83. The third kappa shape index (κ3) is 5.23. The lowest BCUT2D eigenvalue weighted by atomic mass is 10.1. The third-order valence-electron chi connectivity index (χ3n) is 3.91. The number of nitrogens with one attached hydrogen (secondary N) is 1. The second-order valence-electron chi connectivity index (χ2n) is 6.77. The number of carbonyl (C=O) groups excluding carboxylic acids is 2. The van der Waals surface area contributed by atoms with Gasteiger partial charge in [0, 0.05) is 18.7 Å². The number of esters is 1. The van der Waals surface area contributed by atoms with E-state index in [0.717, 1.165) is 11.3 Å². The monoisotopic (exact) mass is 334 g/mol. The highest BCUT2D eigenvalue weighted by molar-refractivity contribution is 5.89. The van der Waals surface area contributed by atoms with Gasteiger partial charge in [-0.15, -0.1) is 0 Å². The summed E-state index contributed by atoms with van der Waals surface area (Å²) in [4.78, 5) is 25.4. The fourth-order valence-electron chi connectivity index (χ4n) is 2.91. The molecule has 1 aliphatic rings. The minimum Gasteiger partial charge on any atom is -0.469 e. The number of benzene rings is 1. The predicted octanol–water partition coefficient (Wildman–Crippen LogP) is 2.82. The van der Waals surface area contributed by atoms with E-state index in [0.29, 0.717) is 25.9 Å². The lowest BCUT2D eigenvalue weighted by Gasteiger charge is -2.41. The van der Waals surface area contributed by atoms with Crippen LogP contribution in [0.15, 0.2) is 24.3 Å². The van der Waals surface area contributed by atoms with Gasteiger partial charge in [0.25, 0.3) is 0 Å². The van der Waals surface area contributed by atoms with Crippen LogP contribution in [0.25, 0.3) is 0 Å². The molecule has 0 spiro atoms. The van der Waals surface area contributed by atoms with Crippen molar-refractivity contribution in [2.24, 2.45) is 0 Å². The van der Waals surface area contributed by atoms with Crippen LogP contribution in [0.3, 0.4) is 0 Å². The van der Waals surface area contributed by atoms with E-state index < -0.39 is 0 Å². The van der Waals surface area contributed by atoms with Crippen molar-refractivity contribution in [1.82, 2.24) is 4.90 Å². The molecule has 2 rings (SSSR count). The van der Waals surface area contributed by atoms with E-state index in [4.69, 9.17) is 4.74 Å². The van der Waals surface area contributed by atoms with E-state index in [1.54, 1.807) is 4.90 Å². The quantitative estimate of drug-likeness (QED) is 0.860. The number of hydrogen-bond donors (Lipinski definition) is 1.